The Kier molecular flexibility index (Phi) is 4.49. The van der Waals surface area contributed by atoms with Gasteiger partial charge in [-0.3, -0.25) is 0 Å². The molecular weight excluding hydrogens is 272 g/mol. The summed E-state index contributed by atoms with van der Waals surface area (Å²) in [6.45, 7) is 3.94. The van der Waals surface area contributed by atoms with E-state index < -0.39 is 0 Å². The molecule has 2 heterocycles. The van der Waals surface area contributed by atoms with Gasteiger partial charge in [-0.25, -0.2) is 0 Å². The summed E-state index contributed by atoms with van der Waals surface area (Å²) in [4.78, 5) is 2.37. The van der Waals surface area contributed by atoms with Crippen LogP contribution in [0.5, 0.6) is 5.75 Å². The second kappa shape index (κ2) is 6.33. The van der Waals surface area contributed by atoms with Crippen LogP contribution in [0.1, 0.15) is 30.4 Å². The normalized spacial score (nSPS) is 21.9. The maximum absolute atomic E-state index is 6.22. The van der Waals surface area contributed by atoms with E-state index in [0.29, 0.717) is 6.04 Å². The molecule has 1 aromatic rings. The Morgan fingerprint density at radius 1 is 1.40 bits per heavy atom. The van der Waals surface area contributed by atoms with E-state index in [2.05, 4.69) is 23.3 Å². The maximum Gasteiger partial charge on any atom is 0.127 e. The van der Waals surface area contributed by atoms with Crippen LogP contribution in [0.2, 0.25) is 5.02 Å². The van der Waals surface area contributed by atoms with E-state index in [1.807, 2.05) is 6.07 Å². The van der Waals surface area contributed by atoms with Crippen molar-refractivity contribution in [3.63, 3.8) is 0 Å². The quantitative estimate of drug-likeness (QED) is 0.924. The highest BCUT2D eigenvalue weighted by Crippen LogP contribution is 2.33. The van der Waals surface area contributed by atoms with Crippen molar-refractivity contribution in [2.75, 3.05) is 26.7 Å². The fourth-order valence-electron chi connectivity index (χ4n) is 3.27. The molecule has 0 radical (unpaired) electrons. The number of rotatable bonds is 4. The van der Waals surface area contributed by atoms with Crippen molar-refractivity contribution in [1.29, 1.82) is 0 Å². The summed E-state index contributed by atoms with van der Waals surface area (Å²) in [5.41, 5.74) is 2.49. The minimum Gasteiger partial charge on any atom is -0.493 e. The first-order valence-corrected chi connectivity index (χ1v) is 7.96. The number of nitrogens with one attached hydrogen (secondary N) is 1. The van der Waals surface area contributed by atoms with Crippen LogP contribution in [0.4, 0.5) is 0 Å². The lowest BCUT2D eigenvalue weighted by atomic mass is 10.0. The number of ether oxygens (including phenoxy) is 1. The fraction of sp³-hybridized carbons (Fsp3) is 0.625. The maximum atomic E-state index is 6.22. The predicted octanol–water partition coefficient (Wildman–Crippen LogP) is 2.85. The number of piperidine rings is 1. The van der Waals surface area contributed by atoms with Crippen molar-refractivity contribution in [2.24, 2.45) is 0 Å². The summed E-state index contributed by atoms with van der Waals surface area (Å²) in [7, 11) is 2.18. The van der Waals surface area contributed by atoms with E-state index in [9.17, 15) is 0 Å². The first-order chi connectivity index (χ1) is 9.72. The number of fused-ring (bicyclic) bond motifs is 1. The summed E-state index contributed by atoms with van der Waals surface area (Å²) in [5, 5.41) is 4.43. The van der Waals surface area contributed by atoms with Crippen LogP contribution in [0.25, 0.3) is 0 Å². The van der Waals surface area contributed by atoms with Crippen molar-refractivity contribution < 1.29 is 4.74 Å². The number of likely N-dealkylation sites (N-methyl/N-ethyl adjacent to an activating group) is 1. The first kappa shape index (κ1) is 14.2. The molecule has 0 spiro atoms. The lowest BCUT2D eigenvalue weighted by Gasteiger charge is -2.28. The third-order valence-electron chi connectivity index (χ3n) is 4.21. The Morgan fingerprint density at radius 3 is 3.10 bits per heavy atom. The third-order valence-corrected chi connectivity index (χ3v) is 4.43. The van der Waals surface area contributed by atoms with Gasteiger partial charge in [-0.15, -0.1) is 0 Å². The van der Waals surface area contributed by atoms with Crippen LogP contribution in [0, 0.1) is 0 Å². The average molecular weight is 295 g/mol. The number of halogens is 1. The molecule has 0 saturated carbocycles. The van der Waals surface area contributed by atoms with Gasteiger partial charge in [-0.1, -0.05) is 18.0 Å². The monoisotopic (exact) mass is 294 g/mol. The Labute approximate surface area is 126 Å². The standard InChI is InChI=1S/C16H23ClN2O/c1-19(11-15-4-2-3-6-18-15)10-13-9-14(17)8-12-5-7-20-16(12)13/h8-9,15,18H,2-7,10-11H2,1H3. The number of hydrogen-bond donors (Lipinski definition) is 1. The zero-order valence-electron chi connectivity index (χ0n) is 12.1. The fourth-order valence-corrected chi connectivity index (χ4v) is 3.54. The van der Waals surface area contributed by atoms with Gasteiger partial charge in [0.1, 0.15) is 5.75 Å². The zero-order valence-corrected chi connectivity index (χ0v) is 12.9. The van der Waals surface area contributed by atoms with E-state index in [4.69, 9.17) is 16.3 Å². The second-order valence-electron chi connectivity index (χ2n) is 6.00. The highest BCUT2D eigenvalue weighted by Gasteiger charge is 2.20. The predicted molar refractivity (Wildman–Crippen MR) is 82.6 cm³/mol. The van der Waals surface area contributed by atoms with Gasteiger partial charge >= 0.3 is 0 Å². The van der Waals surface area contributed by atoms with Gasteiger partial charge in [0.25, 0.3) is 0 Å². The third kappa shape index (κ3) is 3.27. The summed E-state index contributed by atoms with van der Waals surface area (Å²) < 4.78 is 5.77. The van der Waals surface area contributed by atoms with Gasteiger partial charge in [0.05, 0.1) is 6.61 Å². The van der Waals surface area contributed by atoms with Crippen LogP contribution in [0.3, 0.4) is 0 Å². The van der Waals surface area contributed by atoms with Crippen molar-refractivity contribution >= 4 is 11.6 Å². The van der Waals surface area contributed by atoms with Gasteiger partial charge in [-0.2, -0.15) is 0 Å². The molecule has 1 saturated heterocycles. The van der Waals surface area contributed by atoms with Crippen molar-refractivity contribution in [3.8, 4) is 5.75 Å². The van der Waals surface area contributed by atoms with Gasteiger partial charge in [0, 0.05) is 36.1 Å². The number of nitrogens with zero attached hydrogens (tertiary/aromatic N) is 1. The van der Waals surface area contributed by atoms with Crippen molar-refractivity contribution in [1.82, 2.24) is 10.2 Å². The SMILES string of the molecule is CN(Cc1cc(Cl)cc2c1OCC2)CC1CCCCN1. The molecule has 1 atom stereocenters. The van der Waals surface area contributed by atoms with E-state index >= 15 is 0 Å². The Hall–Kier alpha value is -0.770. The van der Waals surface area contributed by atoms with Crippen molar-refractivity contribution in [2.45, 2.75) is 38.3 Å². The molecule has 110 valence electrons. The largest absolute Gasteiger partial charge is 0.493 e. The molecule has 0 aromatic heterocycles. The summed E-state index contributed by atoms with van der Waals surface area (Å²) in [5.74, 6) is 1.07. The Bertz CT molecular complexity index is 472. The molecule has 0 bridgehead atoms. The molecule has 0 aliphatic carbocycles. The lowest BCUT2D eigenvalue weighted by Crippen LogP contribution is -2.42. The van der Waals surface area contributed by atoms with Crippen LogP contribution in [-0.4, -0.2) is 37.7 Å². The zero-order chi connectivity index (χ0) is 13.9. The summed E-state index contributed by atoms with van der Waals surface area (Å²) >= 11 is 6.22. The first-order valence-electron chi connectivity index (χ1n) is 7.58. The molecule has 0 amide bonds. The topological polar surface area (TPSA) is 24.5 Å². The van der Waals surface area contributed by atoms with Gasteiger partial charge in [0.15, 0.2) is 0 Å². The van der Waals surface area contributed by atoms with Gasteiger partial charge in [0.2, 0.25) is 0 Å². The number of benzene rings is 1. The van der Waals surface area contributed by atoms with Crippen molar-refractivity contribution in [3.05, 3.63) is 28.3 Å². The number of hydrogen-bond acceptors (Lipinski definition) is 3. The molecule has 1 fully saturated rings. The summed E-state index contributed by atoms with van der Waals surface area (Å²) in [6, 6.07) is 4.72. The highest BCUT2D eigenvalue weighted by molar-refractivity contribution is 6.30. The molecule has 2 aliphatic rings. The molecule has 1 aromatic carbocycles. The van der Waals surface area contributed by atoms with Crippen LogP contribution < -0.4 is 10.1 Å². The van der Waals surface area contributed by atoms with E-state index in [1.54, 1.807) is 0 Å². The molecule has 20 heavy (non-hydrogen) atoms. The molecule has 3 nitrogen and oxygen atoms in total. The molecule has 1 unspecified atom stereocenters. The van der Waals surface area contributed by atoms with E-state index in [-0.39, 0.29) is 0 Å². The van der Waals surface area contributed by atoms with Gasteiger partial charge in [-0.05, 0) is 44.1 Å². The van der Waals surface area contributed by atoms with Crippen LogP contribution >= 0.6 is 11.6 Å². The molecule has 3 rings (SSSR count). The average Bonchev–Trinajstić information content (AvgIpc) is 2.88. The molecular formula is C16H23ClN2O. The Balaban J connectivity index is 1.65. The Morgan fingerprint density at radius 2 is 2.30 bits per heavy atom. The highest BCUT2D eigenvalue weighted by atomic mass is 35.5. The molecule has 1 N–H and O–H groups in total. The van der Waals surface area contributed by atoms with E-state index in [1.165, 1.54) is 30.4 Å². The minimum absolute atomic E-state index is 0.627. The lowest BCUT2D eigenvalue weighted by molar-refractivity contribution is 0.252. The van der Waals surface area contributed by atoms with E-state index in [0.717, 1.165) is 43.4 Å². The van der Waals surface area contributed by atoms with Crippen LogP contribution in [-0.2, 0) is 13.0 Å². The van der Waals surface area contributed by atoms with Crippen LogP contribution in [0.15, 0.2) is 12.1 Å². The minimum atomic E-state index is 0.627. The van der Waals surface area contributed by atoms with Gasteiger partial charge < -0.3 is 15.0 Å². The molecule has 4 heteroatoms. The smallest absolute Gasteiger partial charge is 0.127 e. The summed E-state index contributed by atoms with van der Waals surface area (Å²) in [6.07, 6.45) is 4.93. The molecule has 2 aliphatic heterocycles. The second-order valence-corrected chi connectivity index (χ2v) is 6.43.